The van der Waals surface area contributed by atoms with Gasteiger partial charge in [-0.15, -0.1) is 11.6 Å². The summed E-state index contributed by atoms with van der Waals surface area (Å²) < 4.78 is 0. The molecule has 0 spiro atoms. The summed E-state index contributed by atoms with van der Waals surface area (Å²) in [6, 6.07) is 0.317. The maximum atomic E-state index is 11.0. The molecule has 0 aromatic carbocycles. The van der Waals surface area contributed by atoms with Gasteiger partial charge in [-0.25, -0.2) is 0 Å². The molecular formula is C10H20ClNO. The van der Waals surface area contributed by atoms with Gasteiger partial charge in [-0.1, -0.05) is 33.1 Å². The summed E-state index contributed by atoms with van der Waals surface area (Å²) in [5.41, 5.74) is 0. The van der Waals surface area contributed by atoms with E-state index in [2.05, 4.69) is 19.2 Å². The SMILES string of the molecule is CCCCCC(CC)NC(=O)CCl. The molecule has 0 aliphatic carbocycles. The highest BCUT2D eigenvalue weighted by molar-refractivity contribution is 6.27. The zero-order valence-electron chi connectivity index (χ0n) is 8.61. The van der Waals surface area contributed by atoms with Gasteiger partial charge >= 0.3 is 0 Å². The van der Waals surface area contributed by atoms with Crippen molar-refractivity contribution in [2.75, 3.05) is 5.88 Å². The second-order valence-electron chi connectivity index (χ2n) is 3.30. The van der Waals surface area contributed by atoms with E-state index in [4.69, 9.17) is 11.6 Å². The molecule has 1 unspecified atom stereocenters. The highest BCUT2D eigenvalue weighted by Gasteiger charge is 2.08. The average Bonchev–Trinajstić information content (AvgIpc) is 2.16. The number of halogens is 1. The quantitative estimate of drug-likeness (QED) is 0.503. The predicted molar refractivity (Wildman–Crippen MR) is 57.1 cm³/mol. The van der Waals surface area contributed by atoms with Gasteiger partial charge in [0, 0.05) is 6.04 Å². The van der Waals surface area contributed by atoms with Gasteiger partial charge < -0.3 is 5.32 Å². The summed E-state index contributed by atoms with van der Waals surface area (Å²) in [5, 5.41) is 2.90. The first-order valence-electron chi connectivity index (χ1n) is 5.09. The van der Waals surface area contributed by atoms with Crippen LogP contribution in [0.4, 0.5) is 0 Å². The number of carbonyl (C=O) groups is 1. The Hall–Kier alpha value is -0.240. The van der Waals surface area contributed by atoms with E-state index in [0.29, 0.717) is 6.04 Å². The minimum Gasteiger partial charge on any atom is -0.352 e. The first-order chi connectivity index (χ1) is 6.24. The molecule has 78 valence electrons. The van der Waals surface area contributed by atoms with E-state index in [1.165, 1.54) is 19.3 Å². The molecule has 0 aliphatic rings. The lowest BCUT2D eigenvalue weighted by molar-refractivity contribution is -0.119. The van der Waals surface area contributed by atoms with Gasteiger partial charge in [-0.05, 0) is 12.8 Å². The van der Waals surface area contributed by atoms with E-state index < -0.39 is 0 Å². The Bertz CT molecular complexity index is 139. The van der Waals surface area contributed by atoms with Crippen molar-refractivity contribution in [3.63, 3.8) is 0 Å². The van der Waals surface area contributed by atoms with E-state index in [-0.39, 0.29) is 11.8 Å². The highest BCUT2D eigenvalue weighted by atomic mass is 35.5. The largest absolute Gasteiger partial charge is 0.352 e. The van der Waals surface area contributed by atoms with Crippen LogP contribution in [-0.2, 0) is 4.79 Å². The van der Waals surface area contributed by atoms with Crippen LogP contribution in [0.5, 0.6) is 0 Å². The summed E-state index contributed by atoms with van der Waals surface area (Å²) in [7, 11) is 0. The van der Waals surface area contributed by atoms with Crippen molar-refractivity contribution < 1.29 is 4.79 Å². The first-order valence-corrected chi connectivity index (χ1v) is 5.63. The van der Waals surface area contributed by atoms with Crippen molar-refractivity contribution in [2.24, 2.45) is 0 Å². The van der Waals surface area contributed by atoms with Crippen LogP contribution in [0.25, 0.3) is 0 Å². The molecule has 0 saturated carbocycles. The molecule has 0 fully saturated rings. The van der Waals surface area contributed by atoms with Gasteiger partial charge in [0.15, 0.2) is 0 Å². The number of carbonyl (C=O) groups excluding carboxylic acids is 1. The van der Waals surface area contributed by atoms with Crippen molar-refractivity contribution in [3.05, 3.63) is 0 Å². The Morgan fingerprint density at radius 3 is 2.54 bits per heavy atom. The summed E-state index contributed by atoms with van der Waals surface area (Å²) in [6.07, 6.45) is 5.73. The number of nitrogens with one attached hydrogen (secondary N) is 1. The predicted octanol–water partition coefficient (Wildman–Crippen LogP) is 2.70. The molecule has 2 nitrogen and oxygen atoms in total. The van der Waals surface area contributed by atoms with Crippen LogP contribution in [0.2, 0.25) is 0 Å². The van der Waals surface area contributed by atoms with Gasteiger partial charge in [-0.2, -0.15) is 0 Å². The fourth-order valence-electron chi connectivity index (χ4n) is 1.29. The summed E-state index contributed by atoms with van der Waals surface area (Å²) in [5.74, 6) is 0.0228. The zero-order chi connectivity index (χ0) is 10.1. The monoisotopic (exact) mass is 205 g/mol. The van der Waals surface area contributed by atoms with Gasteiger partial charge in [0.1, 0.15) is 5.88 Å². The highest BCUT2D eigenvalue weighted by Crippen LogP contribution is 2.06. The number of hydrogen-bond donors (Lipinski definition) is 1. The van der Waals surface area contributed by atoms with E-state index in [1.807, 2.05) is 0 Å². The third-order valence-electron chi connectivity index (χ3n) is 2.14. The lowest BCUT2D eigenvalue weighted by Crippen LogP contribution is -2.35. The van der Waals surface area contributed by atoms with E-state index in [1.54, 1.807) is 0 Å². The molecule has 3 heteroatoms. The number of amides is 1. The molecule has 1 N–H and O–H groups in total. The number of rotatable bonds is 7. The normalized spacial score (nSPS) is 12.5. The van der Waals surface area contributed by atoms with Gasteiger partial charge in [0.05, 0.1) is 0 Å². The minimum atomic E-state index is -0.0509. The fourth-order valence-corrected chi connectivity index (χ4v) is 1.36. The van der Waals surface area contributed by atoms with Crippen molar-refractivity contribution in [1.29, 1.82) is 0 Å². The molecule has 1 atom stereocenters. The lowest BCUT2D eigenvalue weighted by atomic mass is 10.1. The van der Waals surface area contributed by atoms with E-state index in [0.717, 1.165) is 12.8 Å². The van der Waals surface area contributed by atoms with Crippen molar-refractivity contribution >= 4 is 17.5 Å². The standard InChI is InChI=1S/C10H20ClNO/c1-3-5-6-7-9(4-2)12-10(13)8-11/h9H,3-8H2,1-2H3,(H,12,13). The molecule has 13 heavy (non-hydrogen) atoms. The molecule has 0 saturated heterocycles. The van der Waals surface area contributed by atoms with Crippen molar-refractivity contribution in [1.82, 2.24) is 5.32 Å². The maximum absolute atomic E-state index is 11.0. The number of alkyl halides is 1. The fraction of sp³-hybridized carbons (Fsp3) is 0.900. The zero-order valence-corrected chi connectivity index (χ0v) is 9.36. The Labute approximate surface area is 86.0 Å². The molecule has 0 aromatic heterocycles. The van der Waals surface area contributed by atoms with Crippen LogP contribution in [0.1, 0.15) is 46.0 Å². The van der Waals surface area contributed by atoms with Crippen molar-refractivity contribution in [2.45, 2.75) is 52.0 Å². The topological polar surface area (TPSA) is 29.1 Å². The lowest BCUT2D eigenvalue weighted by Gasteiger charge is -2.15. The number of hydrogen-bond acceptors (Lipinski definition) is 1. The Morgan fingerprint density at radius 2 is 2.08 bits per heavy atom. The molecule has 0 radical (unpaired) electrons. The molecule has 0 heterocycles. The van der Waals surface area contributed by atoms with Crippen molar-refractivity contribution in [3.8, 4) is 0 Å². The van der Waals surface area contributed by atoms with Crippen LogP contribution in [-0.4, -0.2) is 17.8 Å². The first kappa shape index (κ1) is 12.8. The third-order valence-corrected chi connectivity index (χ3v) is 2.38. The average molecular weight is 206 g/mol. The summed E-state index contributed by atoms with van der Waals surface area (Å²) in [6.45, 7) is 4.27. The Balaban J connectivity index is 3.56. The second-order valence-corrected chi connectivity index (χ2v) is 3.57. The molecular weight excluding hydrogens is 186 g/mol. The molecule has 0 aliphatic heterocycles. The third kappa shape index (κ3) is 6.88. The van der Waals surface area contributed by atoms with Gasteiger partial charge in [-0.3, -0.25) is 4.79 Å². The Morgan fingerprint density at radius 1 is 1.38 bits per heavy atom. The summed E-state index contributed by atoms with van der Waals surface area (Å²) in [4.78, 5) is 11.0. The maximum Gasteiger partial charge on any atom is 0.235 e. The van der Waals surface area contributed by atoms with Crippen LogP contribution in [0.3, 0.4) is 0 Å². The van der Waals surface area contributed by atoms with Crippen LogP contribution in [0.15, 0.2) is 0 Å². The van der Waals surface area contributed by atoms with Crippen LogP contribution >= 0.6 is 11.6 Å². The molecule has 0 aromatic rings. The second kappa shape index (κ2) is 8.36. The van der Waals surface area contributed by atoms with E-state index >= 15 is 0 Å². The molecule has 0 bridgehead atoms. The van der Waals surface area contributed by atoms with Crippen LogP contribution in [0, 0.1) is 0 Å². The van der Waals surface area contributed by atoms with Gasteiger partial charge in [0.25, 0.3) is 0 Å². The summed E-state index contributed by atoms with van der Waals surface area (Å²) >= 11 is 5.40. The smallest absolute Gasteiger partial charge is 0.235 e. The van der Waals surface area contributed by atoms with Gasteiger partial charge in [0.2, 0.25) is 5.91 Å². The minimum absolute atomic E-state index is 0.0509. The molecule has 0 rings (SSSR count). The van der Waals surface area contributed by atoms with E-state index in [9.17, 15) is 4.79 Å². The Kier molecular flexibility index (Phi) is 8.21. The molecule has 1 amide bonds. The van der Waals surface area contributed by atoms with Crippen LogP contribution < -0.4 is 5.32 Å². The number of unbranched alkanes of at least 4 members (excludes halogenated alkanes) is 2.